The Balaban J connectivity index is 0.00000112. The minimum Gasteiger partial charge on any atom is -0.510 e. The van der Waals surface area contributed by atoms with E-state index in [4.69, 9.17) is 6.57 Å². The Morgan fingerprint density at radius 1 is 1.47 bits per heavy atom. The topological polar surface area (TPSA) is 10.8 Å². The molecule has 1 aromatic rings. The van der Waals surface area contributed by atoms with Crippen molar-refractivity contribution >= 4 is 11.4 Å². The molecule has 0 radical (unpaired) electrons. The molecule has 15 heavy (non-hydrogen) atoms. The summed E-state index contributed by atoms with van der Waals surface area (Å²) in [5.74, 6) is 0. The maximum absolute atomic E-state index is 6.90. The summed E-state index contributed by atoms with van der Waals surface area (Å²) >= 11 is 0. The van der Waals surface area contributed by atoms with Gasteiger partial charge in [0.05, 0.1) is 12.3 Å². The summed E-state index contributed by atoms with van der Waals surface area (Å²) in [6.45, 7) is 8.83. The molecule has 0 fully saturated rings. The van der Waals surface area contributed by atoms with Crippen LogP contribution in [-0.2, 0) is 21.1 Å². The summed E-state index contributed by atoms with van der Waals surface area (Å²) in [4.78, 5) is 7.24. The number of anilines is 1. The van der Waals surface area contributed by atoms with Crippen molar-refractivity contribution < 1.29 is 21.1 Å². The molecule has 0 saturated carbocycles. The van der Waals surface area contributed by atoms with E-state index in [0.717, 1.165) is 5.69 Å². The predicted molar refractivity (Wildman–Crippen MR) is 55.2 cm³/mol. The maximum Gasteiger partial charge on any atom is 2.00 e. The van der Waals surface area contributed by atoms with Crippen molar-refractivity contribution in [2.24, 2.45) is 0 Å². The quantitative estimate of drug-likeness (QED) is 0.695. The first kappa shape index (κ1) is 11.8. The zero-order valence-electron chi connectivity index (χ0n) is 8.12. The van der Waals surface area contributed by atoms with Crippen LogP contribution in [-0.4, -0.2) is 11.9 Å². The summed E-state index contributed by atoms with van der Waals surface area (Å²) in [5, 5.41) is 0. The standard InChI is InChI=1S/C11H9N3.Pt/c1-12-10-4-3-5-11(8-10)14-7-6-13(2)9-14;/h3-4,6-9H,2H3;/q-2;+2. The molecule has 0 saturated heterocycles. The van der Waals surface area contributed by atoms with Crippen LogP contribution in [0.15, 0.2) is 30.6 Å². The molecule has 1 heterocycles. The number of benzene rings is 1. The summed E-state index contributed by atoms with van der Waals surface area (Å²) in [5.41, 5.74) is 1.52. The largest absolute Gasteiger partial charge is 2.00 e. The van der Waals surface area contributed by atoms with Gasteiger partial charge in [-0.1, -0.05) is 0 Å². The molecular weight excluding hydrogens is 369 g/mol. The van der Waals surface area contributed by atoms with E-state index in [-0.39, 0.29) is 21.1 Å². The van der Waals surface area contributed by atoms with Crippen molar-refractivity contribution in [3.63, 3.8) is 0 Å². The smallest absolute Gasteiger partial charge is 0.510 e. The van der Waals surface area contributed by atoms with Crippen LogP contribution < -0.4 is 4.90 Å². The van der Waals surface area contributed by atoms with E-state index in [0.29, 0.717) is 5.69 Å². The van der Waals surface area contributed by atoms with Gasteiger partial charge in [-0.25, -0.2) is 0 Å². The number of rotatable bonds is 1. The SMILES string of the molecule is [C-]#[N+]c1cc[c-]c(N2C=CN(C)[CH-]2)c1.[Pt+2]. The molecule has 1 aromatic carbocycles. The molecule has 1 aliphatic heterocycles. The molecule has 1 aliphatic rings. The van der Waals surface area contributed by atoms with E-state index in [9.17, 15) is 0 Å². The van der Waals surface area contributed by atoms with Crippen LogP contribution in [0.3, 0.4) is 0 Å². The first-order valence-electron chi connectivity index (χ1n) is 4.22. The van der Waals surface area contributed by atoms with Crippen molar-refractivity contribution in [3.8, 4) is 0 Å². The molecule has 0 amide bonds. The van der Waals surface area contributed by atoms with Crippen LogP contribution in [0.25, 0.3) is 4.85 Å². The fourth-order valence-electron chi connectivity index (χ4n) is 1.25. The Morgan fingerprint density at radius 3 is 2.87 bits per heavy atom. The van der Waals surface area contributed by atoms with Crippen molar-refractivity contribution in [2.75, 3.05) is 11.9 Å². The second-order valence-electron chi connectivity index (χ2n) is 3.03. The van der Waals surface area contributed by atoms with E-state index >= 15 is 0 Å². The van der Waals surface area contributed by atoms with Crippen LogP contribution in [0, 0.1) is 19.3 Å². The third-order valence-corrected chi connectivity index (χ3v) is 1.95. The molecular formula is C11H9N3Pt. The van der Waals surface area contributed by atoms with Crippen LogP contribution >= 0.6 is 0 Å². The molecule has 78 valence electrons. The van der Waals surface area contributed by atoms with E-state index < -0.39 is 0 Å². The van der Waals surface area contributed by atoms with Crippen molar-refractivity contribution in [3.05, 3.63) is 54.8 Å². The van der Waals surface area contributed by atoms with E-state index in [1.54, 1.807) is 12.1 Å². The van der Waals surface area contributed by atoms with Gasteiger partial charge in [-0.2, -0.15) is 24.9 Å². The molecule has 0 N–H and O–H groups in total. The molecule has 0 atom stereocenters. The third-order valence-electron chi connectivity index (χ3n) is 1.95. The van der Waals surface area contributed by atoms with Gasteiger partial charge in [0.15, 0.2) is 0 Å². The normalized spacial score (nSPS) is 13.6. The molecule has 4 heteroatoms. The average molecular weight is 378 g/mol. The Hall–Kier alpha value is -1.26. The van der Waals surface area contributed by atoms with Gasteiger partial charge in [-0.15, -0.1) is 11.8 Å². The van der Waals surface area contributed by atoms with Gasteiger partial charge in [0.1, 0.15) is 0 Å². The first-order chi connectivity index (χ1) is 6.79. The second-order valence-corrected chi connectivity index (χ2v) is 3.03. The minimum atomic E-state index is 0. The Kier molecular flexibility index (Phi) is 3.94. The predicted octanol–water partition coefficient (Wildman–Crippen LogP) is 2.38. The molecule has 0 aliphatic carbocycles. The van der Waals surface area contributed by atoms with Crippen molar-refractivity contribution in [1.29, 1.82) is 0 Å². The van der Waals surface area contributed by atoms with Gasteiger partial charge in [-0.05, 0) is 19.4 Å². The number of hydrogen-bond donors (Lipinski definition) is 0. The zero-order chi connectivity index (χ0) is 9.97. The van der Waals surface area contributed by atoms with Gasteiger partial charge in [0.2, 0.25) is 0 Å². The summed E-state index contributed by atoms with van der Waals surface area (Å²) in [6.07, 6.45) is 3.87. The fraction of sp³-hybridized carbons (Fsp3) is 0.0909. The Labute approximate surface area is 104 Å². The average Bonchev–Trinajstić information content (AvgIpc) is 2.65. The maximum atomic E-state index is 6.90. The number of hydrogen-bond acceptors (Lipinski definition) is 2. The van der Waals surface area contributed by atoms with E-state index in [2.05, 4.69) is 10.9 Å². The van der Waals surface area contributed by atoms with Gasteiger partial charge < -0.3 is 9.80 Å². The fourth-order valence-corrected chi connectivity index (χ4v) is 1.25. The molecule has 0 spiro atoms. The van der Waals surface area contributed by atoms with Crippen molar-refractivity contribution in [1.82, 2.24) is 4.90 Å². The minimum absolute atomic E-state index is 0. The molecule has 0 aromatic heterocycles. The Bertz CT molecular complexity index is 409. The van der Waals surface area contributed by atoms with Crippen molar-refractivity contribution in [2.45, 2.75) is 0 Å². The first-order valence-corrected chi connectivity index (χ1v) is 4.22. The summed E-state index contributed by atoms with van der Waals surface area (Å²) < 4.78 is 0. The van der Waals surface area contributed by atoms with Gasteiger partial charge in [0, 0.05) is 0 Å². The second kappa shape index (κ2) is 5.00. The number of nitrogens with zero attached hydrogens (tertiary/aromatic N) is 3. The summed E-state index contributed by atoms with van der Waals surface area (Å²) in [7, 11) is 1.95. The van der Waals surface area contributed by atoms with Crippen LogP contribution in [0.4, 0.5) is 11.4 Å². The monoisotopic (exact) mass is 378 g/mol. The molecule has 2 rings (SSSR count). The van der Waals surface area contributed by atoms with Gasteiger partial charge in [-0.3, -0.25) is 4.85 Å². The van der Waals surface area contributed by atoms with Crippen LogP contribution in [0.5, 0.6) is 0 Å². The summed E-state index contributed by atoms with van der Waals surface area (Å²) in [6, 6.07) is 8.41. The Morgan fingerprint density at radius 2 is 2.27 bits per heavy atom. The van der Waals surface area contributed by atoms with E-state index in [1.807, 2.05) is 42.0 Å². The molecule has 0 unspecified atom stereocenters. The van der Waals surface area contributed by atoms with Crippen LogP contribution in [0.1, 0.15) is 0 Å². The zero-order valence-corrected chi connectivity index (χ0v) is 10.4. The van der Waals surface area contributed by atoms with E-state index in [1.165, 1.54) is 0 Å². The molecule has 0 bridgehead atoms. The third kappa shape index (κ3) is 2.61. The molecule has 3 nitrogen and oxygen atoms in total. The van der Waals surface area contributed by atoms with Gasteiger partial charge >= 0.3 is 21.1 Å². The van der Waals surface area contributed by atoms with Crippen LogP contribution in [0.2, 0.25) is 0 Å². The van der Waals surface area contributed by atoms with Gasteiger partial charge in [0.25, 0.3) is 0 Å².